The van der Waals surface area contributed by atoms with Crippen LogP contribution in [0.15, 0.2) is 54.6 Å². The first-order valence-electron chi connectivity index (χ1n) is 6.04. The summed E-state index contributed by atoms with van der Waals surface area (Å²) >= 11 is 0. The van der Waals surface area contributed by atoms with E-state index in [0.717, 1.165) is 6.42 Å². The number of aryl methyl sites for hydroxylation is 1. The van der Waals surface area contributed by atoms with Crippen molar-refractivity contribution in [3.05, 3.63) is 76.9 Å². The van der Waals surface area contributed by atoms with Gasteiger partial charge in [-0.05, 0) is 42.5 Å². The second kappa shape index (κ2) is 5.49. The SMILES string of the molecule is Cc1cccc(CC=Cc2ccccc2)c1C. The molecule has 0 atom stereocenters. The highest BCUT2D eigenvalue weighted by Crippen LogP contribution is 2.14. The Bertz CT molecular complexity index is 507. The Kier molecular flexibility index (Phi) is 3.77. The lowest BCUT2D eigenvalue weighted by Gasteiger charge is -2.05. The number of allylic oxidation sites excluding steroid dienone is 1. The summed E-state index contributed by atoms with van der Waals surface area (Å²) in [5.41, 5.74) is 5.45. The Hall–Kier alpha value is -1.82. The molecular weight excluding hydrogens is 204 g/mol. The van der Waals surface area contributed by atoms with Crippen LogP contribution in [0.4, 0.5) is 0 Å². The van der Waals surface area contributed by atoms with Crippen molar-refractivity contribution in [1.82, 2.24) is 0 Å². The van der Waals surface area contributed by atoms with Crippen LogP contribution in [-0.2, 0) is 6.42 Å². The van der Waals surface area contributed by atoms with E-state index in [2.05, 4.69) is 68.5 Å². The molecule has 0 fully saturated rings. The van der Waals surface area contributed by atoms with Gasteiger partial charge < -0.3 is 0 Å². The summed E-state index contributed by atoms with van der Waals surface area (Å²) in [5, 5.41) is 0. The van der Waals surface area contributed by atoms with Crippen molar-refractivity contribution in [2.45, 2.75) is 20.3 Å². The topological polar surface area (TPSA) is 0 Å². The van der Waals surface area contributed by atoms with Gasteiger partial charge in [-0.1, -0.05) is 60.7 Å². The van der Waals surface area contributed by atoms with Crippen LogP contribution >= 0.6 is 0 Å². The average molecular weight is 222 g/mol. The lowest BCUT2D eigenvalue weighted by atomic mass is 10.0. The molecule has 0 aliphatic rings. The van der Waals surface area contributed by atoms with Gasteiger partial charge in [0, 0.05) is 0 Å². The molecule has 2 rings (SSSR count). The van der Waals surface area contributed by atoms with E-state index in [1.165, 1.54) is 22.3 Å². The van der Waals surface area contributed by atoms with Gasteiger partial charge in [0.2, 0.25) is 0 Å². The first kappa shape index (κ1) is 11.7. The van der Waals surface area contributed by atoms with Crippen LogP contribution < -0.4 is 0 Å². The molecule has 0 N–H and O–H groups in total. The third kappa shape index (κ3) is 3.07. The van der Waals surface area contributed by atoms with E-state index in [9.17, 15) is 0 Å². The summed E-state index contributed by atoms with van der Waals surface area (Å²) in [6.07, 6.45) is 5.42. The average Bonchev–Trinajstić information content (AvgIpc) is 2.36. The maximum Gasteiger partial charge on any atom is -0.00914 e. The molecule has 0 saturated carbocycles. The van der Waals surface area contributed by atoms with Crippen molar-refractivity contribution in [3.8, 4) is 0 Å². The minimum atomic E-state index is 1.00. The Labute approximate surface area is 104 Å². The summed E-state index contributed by atoms with van der Waals surface area (Å²) in [4.78, 5) is 0. The molecule has 0 bridgehead atoms. The highest BCUT2D eigenvalue weighted by atomic mass is 14.0. The minimum Gasteiger partial charge on any atom is -0.0795 e. The number of benzene rings is 2. The molecule has 0 aliphatic heterocycles. The molecule has 0 amide bonds. The number of hydrogen-bond acceptors (Lipinski definition) is 0. The van der Waals surface area contributed by atoms with Crippen molar-refractivity contribution in [1.29, 1.82) is 0 Å². The minimum absolute atomic E-state index is 1.00. The number of rotatable bonds is 3. The smallest absolute Gasteiger partial charge is 0.00914 e. The summed E-state index contributed by atoms with van der Waals surface area (Å²) in [5.74, 6) is 0. The van der Waals surface area contributed by atoms with Gasteiger partial charge in [0.15, 0.2) is 0 Å². The second-order valence-corrected chi connectivity index (χ2v) is 4.38. The largest absolute Gasteiger partial charge is 0.0795 e. The quantitative estimate of drug-likeness (QED) is 0.714. The van der Waals surface area contributed by atoms with Crippen LogP contribution in [0.3, 0.4) is 0 Å². The fourth-order valence-electron chi connectivity index (χ4n) is 1.92. The Balaban J connectivity index is 2.08. The Morgan fingerprint density at radius 1 is 0.882 bits per heavy atom. The van der Waals surface area contributed by atoms with Gasteiger partial charge in [-0.25, -0.2) is 0 Å². The molecule has 0 heterocycles. The maximum atomic E-state index is 2.23. The van der Waals surface area contributed by atoms with Crippen molar-refractivity contribution in [2.24, 2.45) is 0 Å². The Morgan fingerprint density at radius 2 is 1.65 bits per heavy atom. The predicted octanol–water partition coefficient (Wildman–Crippen LogP) is 4.56. The maximum absolute atomic E-state index is 2.23. The van der Waals surface area contributed by atoms with Crippen LogP contribution in [0, 0.1) is 13.8 Å². The third-order valence-corrected chi connectivity index (χ3v) is 3.16. The van der Waals surface area contributed by atoms with Crippen molar-refractivity contribution < 1.29 is 0 Å². The molecule has 0 unspecified atom stereocenters. The molecule has 0 aromatic heterocycles. The van der Waals surface area contributed by atoms with Gasteiger partial charge in [0.25, 0.3) is 0 Å². The van der Waals surface area contributed by atoms with Crippen molar-refractivity contribution in [2.75, 3.05) is 0 Å². The third-order valence-electron chi connectivity index (χ3n) is 3.16. The zero-order valence-corrected chi connectivity index (χ0v) is 10.5. The fraction of sp³-hybridized carbons (Fsp3) is 0.176. The van der Waals surface area contributed by atoms with E-state index in [-0.39, 0.29) is 0 Å². The van der Waals surface area contributed by atoms with Crippen molar-refractivity contribution in [3.63, 3.8) is 0 Å². The van der Waals surface area contributed by atoms with E-state index in [1.807, 2.05) is 6.07 Å². The predicted molar refractivity (Wildman–Crippen MR) is 75.1 cm³/mol. The van der Waals surface area contributed by atoms with Gasteiger partial charge >= 0.3 is 0 Å². The summed E-state index contributed by atoms with van der Waals surface area (Å²) in [7, 11) is 0. The molecule has 0 heteroatoms. The summed E-state index contributed by atoms with van der Waals surface area (Å²) in [6.45, 7) is 4.36. The van der Waals surface area contributed by atoms with Gasteiger partial charge in [0.1, 0.15) is 0 Å². The first-order valence-corrected chi connectivity index (χ1v) is 6.04. The van der Waals surface area contributed by atoms with Crippen LogP contribution in [0.2, 0.25) is 0 Å². The summed E-state index contributed by atoms with van der Waals surface area (Å²) in [6, 6.07) is 16.9. The van der Waals surface area contributed by atoms with Crippen LogP contribution in [0.25, 0.3) is 6.08 Å². The zero-order chi connectivity index (χ0) is 12.1. The summed E-state index contributed by atoms with van der Waals surface area (Å²) < 4.78 is 0. The molecular formula is C17H18. The molecule has 2 aromatic carbocycles. The molecule has 0 nitrogen and oxygen atoms in total. The number of hydrogen-bond donors (Lipinski definition) is 0. The van der Waals surface area contributed by atoms with E-state index >= 15 is 0 Å². The van der Waals surface area contributed by atoms with E-state index < -0.39 is 0 Å². The van der Waals surface area contributed by atoms with Crippen LogP contribution in [-0.4, -0.2) is 0 Å². The normalized spacial score (nSPS) is 10.9. The second-order valence-electron chi connectivity index (χ2n) is 4.38. The van der Waals surface area contributed by atoms with Crippen molar-refractivity contribution >= 4 is 6.08 Å². The Morgan fingerprint density at radius 3 is 2.41 bits per heavy atom. The first-order chi connectivity index (χ1) is 8.27. The van der Waals surface area contributed by atoms with Gasteiger partial charge in [0.05, 0.1) is 0 Å². The monoisotopic (exact) mass is 222 g/mol. The highest BCUT2D eigenvalue weighted by molar-refractivity contribution is 5.49. The van der Waals surface area contributed by atoms with Gasteiger partial charge in [-0.2, -0.15) is 0 Å². The molecule has 0 saturated heterocycles. The van der Waals surface area contributed by atoms with E-state index in [1.54, 1.807) is 0 Å². The molecule has 0 aliphatic carbocycles. The van der Waals surface area contributed by atoms with E-state index in [4.69, 9.17) is 0 Å². The standard InChI is InChI=1S/C17H18/c1-14-8-6-12-17(15(14)2)13-7-11-16-9-4-3-5-10-16/h3-12H,13H2,1-2H3. The molecule has 2 aromatic rings. The molecule has 0 spiro atoms. The zero-order valence-electron chi connectivity index (χ0n) is 10.5. The van der Waals surface area contributed by atoms with Gasteiger partial charge in [-0.15, -0.1) is 0 Å². The van der Waals surface area contributed by atoms with Crippen LogP contribution in [0.5, 0.6) is 0 Å². The lowest BCUT2D eigenvalue weighted by molar-refractivity contribution is 1.18. The van der Waals surface area contributed by atoms with Crippen LogP contribution in [0.1, 0.15) is 22.3 Å². The molecule has 0 radical (unpaired) electrons. The van der Waals surface area contributed by atoms with E-state index in [0.29, 0.717) is 0 Å². The highest BCUT2D eigenvalue weighted by Gasteiger charge is 1.97. The molecule has 17 heavy (non-hydrogen) atoms. The van der Waals surface area contributed by atoms with Gasteiger partial charge in [-0.3, -0.25) is 0 Å². The molecule has 86 valence electrons. The fourth-order valence-corrected chi connectivity index (χ4v) is 1.92. The lowest BCUT2D eigenvalue weighted by Crippen LogP contribution is -1.89.